The van der Waals surface area contributed by atoms with Crippen molar-refractivity contribution in [3.05, 3.63) is 22.8 Å². The zero-order valence-corrected chi connectivity index (χ0v) is 19.8. The molecule has 22 nitrogen and oxygen atoms in total. The van der Waals surface area contributed by atoms with Crippen LogP contribution in [-0.2, 0) is 9.59 Å². The van der Waals surface area contributed by atoms with Crippen LogP contribution in [0.5, 0.6) is 0 Å². The van der Waals surface area contributed by atoms with Crippen molar-refractivity contribution in [1.29, 1.82) is 0 Å². The minimum Gasteiger partial charge on any atom is -0.480 e. The summed E-state index contributed by atoms with van der Waals surface area (Å²) in [5.74, 6) is -10.3. The number of carboxylic acids is 4. The van der Waals surface area contributed by atoms with E-state index in [1.165, 1.54) is 0 Å². The summed E-state index contributed by atoms with van der Waals surface area (Å²) in [5, 5.41) is 56.2. The highest BCUT2D eigenvalue weighted by Gasteiger charge is 2.27. The molecule has 40 heavy (non-hydrogen) atoms. The van der Waals surface area contributed by atoms with Gasteiger partial charge < -0.3 is 64.2 Å². The number of anilines is 4. The third-order valence-electron chi connectivity index (χ3n) is 4.31. The van der Waals surface area contributed by atoms with E-state index in [4.69, 9.17) is 53.6 Å². The zero-order chi connectivity index (χ0) is 30.9. The van der Waals surface area contributed by atoms with Gasteiger partial charge in [0.25, 0.3) is 11.8 Å². The first-order valence-corrected chi connectivity index (χ1v) is 10.2. The normalized spacial score (nSPS) is 11.7. The average molecular weight is 570 g/mol. The molecule has 16 N–H and O–H groups in total. The van der Waals surface area contributed by atoms with E-state index < -0.39 is 107 Å². The van der Waals surface area contributed by atoms with Gasteiger partial charge in [-0.15, -0.1) is 0 Å². The standard InChI is InChI=1S/C12H16N6O8.C6H6N4O4/c13-7-5(9(21)15-3(1-19)11(23)24)17-8(14)6(18-7)10(22)16-4(2-20)12(25)26;7-3-1(5(11)12)9-4(8)2(10-3)6(13)14/h3-4,19-20H,1-2H2,(H2,14,17)(H2,13,18)(H,15,21)(H,16,22)(H,23,24)(H,25,26);(H2,8,9)(H2,7,10)(H,11,12)(H,13,14)/t3-,4-;/m1./s1. The number of hydrogen-bond donors (Lipinski definition) is 12. The quantitative estimate of drug-likeness (QED) is 0.127. The number of nitrogens with one attached hydrogen (secondary N) is 2. The van der Waals surface area contributed by atoms with Gasteiger partial charge in [0.15, 0.2) is 58.1 Å². The molecule has 2 rings (SSSR count). The molecule has 2 heterocycles. The van der Waals surface area contributed by atoms with Crippen LogP contribution in [0.15, 0.2) is 0 Å². The molecule has 2 aromatic heterocycles. The summed E-state index contributed by atoms with van der Waals surface area (Å²) in [5.41, 5.74) is 19.0. The Morgan fingerprint density at radius 2 is 0.800 bits per heavy atom. The summed E-state index contributed by atoms with van der Waals surface area (Å²) in [6.07, 6.45) is 0. The molecule has 0 saturated heterocycles. The van der Waals surface area contributed by atoms with Gasteiger partial charge in [-0.05, 0) is 0 Å². The SMILES string of the molecule is Nc1nc(C(=O)N[C@H](CO)C(=O)O)c(N)nc1C(=O)N[C@H](CO)C(=O)O.Nc1nc(C(=O)O)c(N)nc1C(=O)O. The lowest BCUT2D eigenvalue weighted by atomic mass is 10.2. The first-order valence-electron chi connectivity index (χ1n) is 10.2. The molecule has 0 aliphatic rings. The number of aromatic nitrogens is 4. The van der Waals surface area contributed by atoms with Crippen LogP contribution in [0.4, 0.5) is 23.3 Å². The second-order valence-corrected chi connectivity index (χ2v) is 7.09. The lowest BCUT2D eigenvalue weighted by Crippen LogP contribution is -2.45. The van der Waals surface area contributed by atoms with E-state index in [2.05, 4.69) is 19.9 Å². The van der Waals surface area contributed by atoms with Gasteiger partial charge >= 0.3 is 23.9 Å². The number of nitrogen functional groups attached to an aromatic ring is 4. The van der Waals surface area contributed by atoms with Crippen molar-refractivity contribution in [3.63, 3.8) is 0 Å². The molecule has 0 aliphatic heterocycles. The molecular weight excluding hydrogens is 548 g/mol. The van der Waals surface area contributed by atoms with Gasteiger partial charge in [-0.3, -0.25) is 9.59 Å². The van der Waals surface area contributed by atoms with Crippen molar-refractivity contribution in [1.82, 2.24) is 30.6 Å². The first-order chi connectivity index (χ1) is 18.5. The summed E-state index contributed by atoms with van der Waals surface area (Å²) in [6, 6.07) is -3.26. The number of carbonyl (C=O) groups is 6. The van der Waals surface area contributed by atoms with Gasteiger partial charge in [0.1, 0.15) is 0 Å². The van der Waals surface area contributed by atoms with E-state index in [0.29, 0.717) is 0 Å². The van der Waals surface area contributed by atoms with Gasteiger partial charge in [0.2, 0.25) is 0 Å². The van der Waals surface area contributed by atoms with Crippen LogP contribution in [0.2, 0.25) is 0 Å². The third kappa shape index (κ3) is 8.05. The maximum Gasteiger partial charge on any atom is 0.358 e. The number of aliphatic hydroxyl groups is 2. The minimum atomic E-state index is -1.63. The Hall–Kier alpha value is -5.90. The van der Waals surface area contributed by atoms with Crippen LogP contribution >= 0.6 is 0 Å². The Kier molecular flexibility index (Phi) is 10.9. The highest BCUT2D eigenvalue weighted by atomic mass is 16.4. The average Bonchev–Trinajstić information content (AvgIpc) is 2.87. The molecular formula is C18H22N10O12. The number of rotatable bonds is 10. The fourth-order valence-corrected chi connectivity index (χ4v) is 2.40. The van der Waals surface area contributed by atoms with E-state index >= 15 is 0 Å². The van der Waals surface area contributed by atoms with Crippen LogP contribution in [0.1, 0.15) is 42.0 Å². The monoisotopic (exact) mass is 570 g/mol. The smallest absolute Gasteiger partial charge is 0.358 e. The third-order valence-corrected chi connectivity index (χ3v) is 4.31. The van der Waals surface area contributed by atoms with E-state index in [9.17, 15) is 28.8 Å². The zero-order valence-electron chi connectivity index (χ0n) is 19.8. The van der Waals surface area contributed by atoms with Gasteiger partial charge in [0, 0.05) is 0 Å². The number of nitrogens with zero attached hydrogens (tertiary/aromatic N) is 4. The number of carbonyl (C=O) groups excluding carboxylic acids is 2. The molecule has 2 aromatic rings. The fraction of sp³-hybridized carbons (Fsp3) is 0.222. The number of carboxylic acid groups (broad SMARTS) is 4. The Bertz CT molecular complexity index is 1250. The molecule has 0 fully saturated rings. The number of aliphatic hydroxyl groups excluding tert-OH is 2. The molecule has 0 saturated carbocycles. The Morgan fingerprint density at radius 1 is 0.550 bits per heavy atom. The van der Waals surface area contributed by atoms with E-state index in [-0.39, 0.29) is 0 Å². The summed E-state index contributed by atoms with van der Waals surface area (Å²) in [4.78, 5) is 80.1. The Balaban J connectivity index is 0.000000479. The maximum absolute atomic E-state index is 12.0. The maximum atomic E-state index is 12.0. The number of amides is 2. The van der Waals surface area contributed by atoms with Gasteiger partial charge in [0.05, 0.1) is 13.2 Å². The van der Waals surface area contributed by atoms with Crippen molar-refractivity contribution in [3.8, 4) is 0 Å². The minimum absolute atomic E-state index is 0.482. The lowest BCUT2D eigenvalue weighted by Gasteiger charge is -2.14. The van der Waals surface area contributed by atoms with Gasteiger partial charge in [-0.2, -0.15) is 0 Å². The van der Waals surface area contributed by atoms with Crippen LogP contribution in [-0.4, -0.2) is 112 Å². The molecule has 216 valence electrons. The Labute approximate surface area is 220 Å². The molecule has 0 aliphatic carbocycles. The summed E-state index contributed by atoms with van der Waals surface area (Å²) in [6.45, 7) is -1.80. The van der Waals surface area contributed by atoms with Crippen LogP contribution < -0.4 is 33.6 Å². The number of nitrogens with two attached hydrogens (primary N) is 4. The molecule has 0 radical (unpaired) electrons. The van der Waals surface area contributed by atoms with Gasteiger partial charge in [-0.1, -0.05) is 0 Å². The largest absolute Gasteiger partial charge is 0.480 e. The van der Waals surface area contributed by atoms with Crippen molar-refractivity contribution < 1.29 is 59.4 Å². The van der Waals surface area contributed by atoms with Crippen molar-refractivity contribution in [2.24, 2.45) is 0 Å². The molecule has 2 amide bonds. The number of aliphatic carboxylic acids is 2. The van der Waals surface area contributed by atoms with E-state index in [1.54, 1.807) is 0 Å². The van der Waals surface area contributed by atoms with Crippen molar-refractivity contribution in [2.45, 2.75) is 12.1 Å². The van der Waals surface area contributed by atoms with Crippen LogP contribution in [0, 0.1) is 0 Å². The predicted octanol–water partition coefficient (Wildman–Crippen LogP) is -4.97. The van der Waals surface area contributed by atoms with E-state index in [0.717, 1.165) is 0 Å². The highest BCUT2D eigenvalue weighted by Crippen LogP contribution is 2.14. The van der Waals surface area contributed by atoms with Crippen LogP contribution in [0.3, 0.4) is 0 Å². The Morgan fingerprint density at radius 3 is 1.02 bits per heavy atom. The summed E-state index contributed by atoms with van der Waals surface area (Å²) in [7, 11) is 0. The number of hydrogen-bond acceptors (Lipinski definition) is 16. The fourth-order valence-electron chi connectivity index (χ4n) is 2.40. The van der Waals surface area contributed by atoms with E-state index in [1.807, 2.05) is 10.6 Å². The van der Waals surface area contributed by atoms with Crippen molar-refractivity contribution in [2.75, 3.05) is 36.1 Å². The molecule has 0 bridgehead atoms. The summed E-state index contributed by atoms with van der Waals surface area (Å²) >= 11 is 0. The first kappa shape index (κ1) is 32.1. The van der Waals surface area contributed by atoms with Crippen LogP contribution in [0.25, 0.3) is 0 Å². The number of aromatic carboxylic acids is 2. The second kappa shape index (κ2) is 13.6. The predicted molar refractivity (Wildman–Crippen MR) is 128 cm³/mol. The molecule has 0 unspecified atom stereocenters. The van der Waals surface area contributed by atoms with Crippen molar-refractivity contribution >= 4 is 59.0 Å². The topological polar surface area (TPSA) is 403 Å². The lowest BCUT2D eigenvalue weighted by molar-refractivity contribution is -0.141. The summed E-state index contributed by atoms with van der Waals surface area (Å²) < 4.78 is 0. The highest BCUT2D eigenvalue weighted by molar-refractivity contribution is 6.02. The molecule has 2 atom stereocenters. The molecule has 0 spiro atoms. The molecule has 0 aromatic carbocycles. The second-order valence-electron chi connectivity index (χ2n) is 7.09. The molecule has 22 heteroatoms. The van der Waals surface area contributed by atoms with Gasteiger partial charge in [-0.25, -0.2) is 39.1 Å².